The van der Waals surface area contributed by atoms with Crippen molar-refractivity contribution in [3.05, 3.63) is 42.1 Å². The fourth-order valence-corrected chi connectivity index (χ4v) is 3.97. The van der Waals surface area contributed by atoms with Crippen LogP contribution in [0.25, 0.3) is 11.3 Å². The minimum atomic E-state index is -0.241. The number of aryl methyl sites for hydroxylation is 1. The molecule has 1 saturated heterocycles. The first-order chi connectivity index (χ1) is 12.1. The number of halogens is 1. The van der Waals surface area contributed by atoms with Gasteiger partial charge in [0.05, 0.1) is 17.8 Å². The Balaban J connectivity index is 1.53. The van der Waals surface area contributed by atoms with E-state index >= 15 is 0 Å². The van der Waals surface area contributed by atoms with E-state index in [4.69, 9.17) is 0 Å². The highest BCUT2D eigenvalue weighted by molar-refractivity contribution is 5.79. The first-order valence-electron chi connectivity index (χ1n) is 9.21. The number of carbonyl (C=O) groups is 1. The maximum Gasteiger partial charge on any atom is 0.227 e. The maximum atomic E-state index is 13.2. The van der Waals surface area contributed by atoms with Crippen LogP contribution in [0.3, 0.4) is 0 Å². The summed E-state index contributed by atoms with van der Waals surface area (Å²) in [6.45, 7) is 4.71. The van der Waals surface area contributed by atoms with Crippen LogP contribution in [-0.2, 0) is 17.8 Å². The number of imidazole rings is 1. The van der Waals surface area contributed by atoms with Gasteiger partial charge in [0.15, 0.2) is 0 Å². The molecule has 0 N–H and O–H groups in total. The summed E-state index contributed by atoms with van der Waals surface area (Å²) in [6.07, 6.45) is 5.75. The van der Waals surface area contributed by atoms with E-state index in [0.717, 1.165) is 61.8 Å². The van der Waals surface area contributed by atoms with Gasteiger partial charge >= 0.3 is 0 Å². The molecule has 2 aliphatic heterocycles. The highest BCUT2D eigenvalue weighted by Gasteiger charge is 2.31. The number of benzene rings is 1. The van der Waals surface area contributed by atoms with Crippen molar-refractivity contribution in [1.29, 1.82) is 0 Å². The maximum absolute atomic E-state index is 13.2. The predicted octanol–water partition coefficient (Wildman–Crippen LogP) is 3.51. The molecule has 1 aromatic carbocycles. The number of rotatable bonds is 2. The third-order valence-electron chi connectivity index (χ3n) is 5.64. The molecule has 5 heteroatoms. The molecule has 1 atom stereocenters. The van der Waals surface area contributed by atoms with Gasteiger partial charge in [-0.25, -0.2) is 9.37 Å². The Morgan fingerprint density at radius 3 is 2.60 bits per heavy atom. The SMILES string of the molecule is CC1CCN(C(=O)[C@H]2CCc3ncc(-c4ccc(F)cc4)n3C2)CC1. The van der Waals surface area contributed by atoms with E-state index in [1.54, 1.807) is 12.1 Å². The number of likely N-dealkylation sites (tertiary alicyclic amines) is 1. The minimum absolute atomic E-state index is 0.0225. The topological polar surface area (TPSA) is 38.1 Å². The Morgan fingerprint density at radius 2 is 1.88 bits per heavy atom. The summed E-state index contributed by atoms with van der Waals surface area (Å²) < 4.78 is 15.3. The number of fused-ring (bicyclic) bond motifs is 1. The molecule has 0 aliphatic carbocycles. The van der Waals surface area contributed by atoms with Crippen LogP contribution < -0.4 is 0 Å². The van der Waals surface area contributed by atoms with Crippen molar-refractivity contribution < 1.29 is 9.18 Å². The van der Waals surface area contributed by atoms with Crippen LogP contribution in [0.15, 0.2) is 30.5 Å². The first-order valence-corrected chi connectivity index (χ1v) is 9.21. The number of amides is 1. The minimum Gasteiger partial charge on any atom is -0.342 e. The average Bonchev–Trinajstić information content (AvgIpc) is 3.05. The lowest BCUT2D eigenvalue weighted by Gasteiger charge is -2.34. The first kappa shape index (κ1) is 16.3. The Labute approximate surface area is 147 Å². The Kier molecular flexibility index (Phi) is 4.32. The lowest BCUT2D eigenvalue weighted by atomic mass is 9.94. The molecule has 4 rings (SSSR count). The molecule has 0 unspecified atom stereocenters. The van der Waals surface area contributed by atoms with Crippen LogP contribution in [0.4, 0.5) is 4.39 Å². The van der Waals surface area contributed by atoms with Gasteiger partial charge in [0.2, 0.25) is 5.91 Å². The lowest BCUT2D eigenvalue weighted by Crippen LogP contribution is -2.43. The van der Waals surface area contributed by atoms with Gasteiger partial charge in [-0.3, -0.25) is 4.79 Å². The fraction of sp³-hybridized carbons (Fsp3) is 0.500. The largest absolute Gasteiger partial charge is 0.342 e. The molecule has 0 bridgehead atoms. The summed E-state index contributed by atoms with van der Waals surface area (Å²) in [5.41, 5.74) is 1.92. The number of nitrogens with zero attached hydrogens (tertiary/aromatic N) is 3. The van der Waals surface area contributed by atoms with Gasteiger partial charge in [-0.15, -0.1) is 0 Å². The molecule has 0 saturated carbocycles. The van der Waals surface area contributed by atoms with Crippen LogP contribution >= 0.6 is 0 Å². The highest BCUT2D eigenvalue weighted by Crippen LogP contribution is 2.29. The third kappa shape index (κ3) is 3.20. The fourth-order valence-electron chi connectivity index (χ4n) is 3.97. The molecule has 0 spiro atoms. The van der Waals surface area contributed by atoms with Gasteiger partial charge in [-0.05, 0) is 55.0 Å². The molecule has 0 radical (unpaired) electrons. The molecular formula is C20H24FN3O. The monoisotopic (exact) mass is 341 g/mol. The molecule has 1 aromatic heterocycles. The second-order valence-corrected chi connectivity index (χ2v) is 7.42. The average molecular weight is 341 g/mol. The van der Waals surface area contributed by atoms with Crippen LogP contribution in [-0.4, -0.2) is 33.4 Å². The van der Waals surface area contributed by atoms with E-state index in [2.05, 4.69) is 16.5 Å². The standard InChI is InChI=1S/C20H24FN3O/c1-14-8-10-23(11-9-14)20(25)16-4-7-19-22-12-18(24(19)13-16)15-2-5-17(21)6-3-15/h2-3,5-6,12,14,16H,4,7-11,13H2,1H3/t16-/m0/s1. The second-order valence-electron chi connectivity index (χ2n) is 7.42. The summed E-state index contributed by atoms with van der Waals surface area (Å²) in [5, 5.41) is 0. The van der Waals surface area contributed by atoms with Crippen molar-refractivity contribution in [2.24, 2.45) is 11.8 Å². The quantitative estimate of drug-likeness (QED) is 0.838. The third-order valence-corrected chi connectivity index (χ3v) is 5.64. The van der Waals surface area contributed by atoms with Gasteiger partial charge in [0.25, 0.3) is 0 Å². The van der Waals surface area contributed by atoms with E-state index in [1.807, 2.05) is 11.1 Å². The van der Waals surface area contributed by atoms with Crippen molar-refractivity contribution in [3.8, 4) is 11.3 Å². The molecule has 1 amide bonds. The Morgan fingerprint density at radius 1 is 1.16 bits per heavy atom. The van der Waals surface area contributed by atoms with E-state index < -0.39 is 0 Å². The lowest BCUT2D eigenvalue weighted by molar-refractivity contribution is -0.137. The van der Waals surface area contributed by atoms with Crippen molar-refractivity contribution >= 4 is 5.91 Å². The summed E-state index contributed by atoms with van der Waals surface area (Å²) in [6, 6.07) is 6.49. The van der Waals surface area contributed by atoms with E-state index in [-0.39, 0.29) is 17.6 Å². The van der Waals surface area contributed by atoms with Crippen LogP contribution in [0.5, 0.6) is 0 Å². The number of carbonyl (C=O) groups excluding carboxylic acids is 1. The number of hydrogen-bond acceptors (Lipinski definition) is 2. The van der Waals surface area contributed by atoms with E-state index in [1.165, 1.54) is 12.1 Å². The van der Waals surface area contributed by atoms with E-state index in [0.29, 0.717) is 6.54 Å². The van der Waals surface area contributed by atoms with Crippen molar-refractivity contribution in [3.63, 3.8) is 0 Å². The summed E-state index contributed by atoms with van der Waals surface area (Å²) >= 11 is 0. The number of piperidine rings is 1. The molecule has 25 heavy (non-hydrogen) atoms. The summed E-state index contributed by atoms with van der Waals surface area (Å²) in [7, 11) is 0. The molecule has 3 heterocycles. The number of aromatic nitrogens is 2. The van der Waals surface area contributed by atoms with Crippen molar-refractivity contribution in [2.75, 3.05) is 13.1 Å². The molecule has 132 valence electrons. The highest BCUT2D eigenvalue weighted by atomic mass is 19.1. The van der Waals surface area contributed by atoms with Crippen LogP contribution in [0, 0.1) is 17.7 Å². The van der Waals surface area contributed by atoms with Gasteiger partial charge in [-0.2, -0.15) is 0 Å². The molecule has 4 nitrogen and oxygen atoms in total. The smallest absolute Gasteiger partial charge is 0.227 e. The zero-order valence-electron chi connectivity index (χ0n) is 14.6. The molecule has 1 fully saturated rings. The normalized spacial score (nSPS) is 21.2. The van der Waals surface area contributed by atoms with Crippen LogP contribution in [0.1, 0.15) is 32.0 Å². The van der Waals surface area contributed by atoms with Crippen molar-refractivity contribution in [2.45, 2.75) is 39.2 Å². The second kappa shape index (κ2) is 6.62. The van der Waals surface area contributed by atoms with Gasteiger partial charge in [-0.1, -0.05) is 6.92 Å². The molecule has 2 aliphatic rings. The predicted molar refractivity (Wildman–Crippen MR) is 94.4 cm³/mol. The summed E-state index contributed by atoms with van der Waals surface area (Å²) in [4.78, 5) is 19.5. The zero-order chi connectivity index (χ0) is 17.4. The van der Waals surface area contributed by atoms with Gasteiger partial charge < -0.3 is 9.47 Å². The summed E-state index contributed by atoms with van der Waals surface area (Å²) in [5.74, 6) is 1.82. The molecular weight excluding hydrogens is 317 g/mol. The van der Waals surface area contributed by atoms with E-state index in [9.17, 15) is 9.18 Å². The van der Waals surface area contributed by atoms with Crippen molar-refractivity contribution in [1.82, 2.24) is 14.5 Å². The number of hydrogen-bond donors (Lipinski definition) is 0. The Hall–Kier alpha value is -2.17. The van der Waals surface area contributed by atoms with Crippen LogP contribution in [0.2, 0.25) is 0 Å². The zero-order valence-corrected chi connectivity index (χ0v) is 14.6. The van der Waals surface area contributed by atoms with Gasteiger partial charge in [0, 0.05) is 26.1 Å². The Bertz CT molecular complexity index is 760. The molecule has 2 aromatic rings. The van der Waals surface area contributed by atoms with Gasteiger partial charge in [0.1, 0.15) is 11.6 Å².